The van der Waals surface area contributed by atoms with E-state index in [-0.39, 0.29) is 0 Å². The van der Waals surface area contributed by atoms with Crippen molar-refractivity contribution >= 4 is 11.8 Å². The second kappa shape index (κ2) is 4.01. The van der Waals surface area contributed by atoms with Crippen LogP contribution in [0.4, 0.5) is 0 Å². The van der Waals surface area contributed by atoms with Gasteiger partial charge in [-0.05, 0) is 30.4 Å². The first-order chi connectivity index (χ1) is 5.63. The molecular weight excluding hydrogens is 166 g/mol. The third kappa shape index (κ3) is 1.97. The molecule has 2 N–H and O–H groups in total. The molecule has 0 saturated heterocycles. The lowest BCUT2D eigenvalue weighted by molar-refractivity contribution is 0.176. The zero-order chi connectivity index (χ0) is 9.19. The van der Waals surface area contributed by atoms with Crippen LogP contribution in [0.25, 0.3) is 0 Å². The summed E-state index contributed by atoms with van der Waals surface area (Å²) >= 11 is 2.06. The maximum Gasteiger partial charge on any atom is 0.0287 e. The van der Waals surface area contributed by atoms with Gasteiger partial charge in [-0.1, -0.05) is 20.8 Å². The SMILES string of the molecule is CCSC1(CN)CC(C(C)C)C1. The van der Waals surface area contributed by atoms with Crippen LogP contribution in [0.2, 0.25) is 0 Å². The predicted octanol–water partition coefficient (Wildman–Crippen LogP) is 2.50. The fraction of sp³-hybridized carbons (Fsp3) is 1.00. The lowest BCUT2D eigenvalue weighted by Gasteiger charge is -2.48. The summed E-state index contributed by atoms with van der Waals surface area (Å²) in [6.07, 6.45) is 2.69. The van der Waals surface area contributed by atoms with E-state index in [1.165, 1.54) is 18.6 Å². The highest BCUT2D eigenvalue weighted by molar-refractivity contribution is 8.00. The van der Waals surface area contributed by atoms with E-state index < -0.39 is 0 Å². The van der Waals surface area contributed by atoms with E-state index in [0.717, 1.165) is 18.4 Å². The summed E-state index contributed by atoms with van der Waals surface area (Å²) in [6, 6.07) is 0. The Morgan fingerprint density at radius 1 is 1.50 bits per heavy atom. The van der Waals surface area contributed by atoms with Gasteiger partial charge >= 0.3 is 0 Å². The molecule has 0 aromatic rings. The quantitative estimate of drug-likeness (QED) is 0.732. The zero-order valence-electron chi connectivity index (χ0n) is 8.47. The average molecular weight is 187 g/mol. The molecule has 1 fully saturated rings. The molecule has 0 atom stereocenters. The van der Waals surface area contributed by atoms with Crippen LogP contribution < -0.4 is 5.73 Å². The van der Waals surface area contributed by atoms with Crippen LogP contribution in [0, 0.1) is 11.8 Å². The fourth-order valence-corrected chi connectivity index (χ4v) is 3.41. The Labute approximate surface area is 80.5 Å². The maximum absolute atomic E-state index is 5.80. The summed E-state index contributed by atoms with van der Waals surface area (Å²) in [5.41, 5.74) is 5.80. The van der Waals surface area contributed by atoms with Crippen molar-refractivity contribution in [3.05, 3.63) is 0 Å². The first-order valence-electron chi connectivity index (χ1n) is 4.97. The van der Waals surface area contributed by atoms with E-state index >= 15 is 0 Å². The van der Waals surface area contributed by atoms with Gasteiger partial charge in [0, 0.05) is 11.3 Å². The Kier molecular flexibility index (Phi) is 3.47. The zero-order valence-corrected chi connectivity index (χ0v) is 9.29. The van der Waals surface area contributed by atoms with Gasteiger partial charge in [-0.3, -0.25) is 0 Å². The molecule has 1 rings (SSSR count). The van der Waals surface area contributed by atoms with Gasteiger partial charge in [-0.25, -0.2) is 0 Å². The third-order valence-electron chi connectivity index (χ3n) is 3.03. The molecule has 0 radical (unpaired) electrons. The van der Waals surface area contributed by atoms with E-state index in [1.54, 1.807) is 0 Å². The average Bonchev–Trinajstić information content (AvgIpc) is 1.95. The van der Waals surface area contributed by atoms with Crippen LogP contribution in [0.5, 0.6) is 0 Å². The molecule has 2 heteroatoms. The number of thioether (sulfide) groups is 1. The number of rotatable bonds is 4. The Bertz CT molecular complexity index is 139. The Hall–Kier alpha value is 0.310. The third-order valence-corrected chi connectivity index (χ3v) is 4.43. The molecule has 0 aromatic carbocycles. The summed E-state index contributed by atoms with van der Waals surface area (Å²) in [7, 11) is 0. The van der Waals surface area contributed by atoms with Gasteiger partial charge in [-0.2, -0.15) is 11.8 Å². The fourth-order valence-electron chi connectivity index (χ4n) is 2.02. The molecule has 72 valence electrons. The van der Waals surface area contributed by atoms with Crippen molar-refractivity contribution in [2.75, 3.05) is 12.3 Å². The smallest absolute Gasteiger partial charge is 0.0287 e. The monoisotopic (exact) mass is 187 g/mol. The highest BCUT2D eigenvalue weighted by atomic mass is 32.2. The van der Waals surface area contributed by atoms with E-state index in [0.29, 0.717) is 4.75 Å². The molecule has 0 amide bonds. The minimum Gasteiger partial charge on any atom is -0.329 e. The second-order valence-electron chi connectivity index (χ2n) is 4.23. The van der Waals surface area contributed by atoms with Gasteiger partial charge in [0.25, 0.3) is 0 Å². The van der Waals surface area contributed by atoms with Crippen LogP contribution in [0.15, 0.2) is 0 Å². The molecule has 0 bridgehead atoms. The lowest BCUT2D eigenvalue weighted by atomic mass is 9.69. The highest BCUT2D eigenvalue weighted by Crippen LogP contribution is 2.49. The van der Waals surface area contributed by atoms with Gasteiger partial charge in [0.2, 0.25) is 0 Å². The lowest BCUT2D eigenvalue weighted by Crippen LogP contribution is -2.48. The van der Waals surface area contributed by atoms with Crippen molar-refractivity contribution in [1.82, 2.24) is 0 Å². The summed E-state index contributed by atoms with van der Waals surface area (Å²) in [6.45, 7) is 7.74. The molecule has 1 aliphatic carbocycles. The van der Waals surface area contributed by atoms with E-state index in [1.807, 2.05) is 0 Å². The standard InChI is InChI=1S/C10H21NS/c1-4-12-10(7-11)5-9(6-10)8(2)3/h8-9H,4-7,11H2,1-3H3. The molecule has 1 saturated carbocycles. The number of hydrogen-bond donors (Lipinski definition) is 1. The van der Waals surface area contributed by atoms with Crippen molar-refractivity contribution in [2.24, 2.45) is 17.6 Å². The minimum atomic E-state index is 0.462. The predicted molar refractivity (Wildman–Crippen MR) is 57.5 cm³/mol. The van der Waals surface area contributed by atoms with Crippen molar-refractivity contribution in [3.8, 4) is 0 Å². The van der Waals surface area contributed by atoms with E-state index in [2.05, 4.69) is 32.5 Å². The topological polar surface area (TPSA) is 26.0 Å². The number of nitrogens with two attached hydrogens (primary N) is 1. The van der Waals surface area contributed by atoms with Crippen LogP contribution >= 0.6 is 11.8 Å². The van der Waals surface area contributed by atoms with Gasteiger partial charge in [-0.15, -0.1) is 0 Å². The largest absolute Gasteiger partial charge is 0.329 e. The Balaban J connectivity index is 2.35. The van der Waals surface area contributed by atoms with E-state index in [4.69, 9.17) is 5.73 Å². The summed E-state index contributed by atoms with van der Waals surface area (Å²) in [5.74, 6) is 3.00. The van der Waals surface area contributed by atoms with E-state index in [9.17, 15) is 0 Å². The number of hydrogen-bond acceptors (Lipinski definition) is 2. The normalized spacial score (nSPS) is 35.2. The van der Waals surface area contributed by atoms with Crippen LogP contribution in [-0.4, -0.2) is 17.0 Å². The molecule has 0 aromatic heterocycles. The first kappa shape index (κ1) is 10.4. The molecule has 0 unspecified atom stereocenters. The van der Waals surface area contributed by atoms with Crippen molar-refractivity contribution in [2.45, 2.75) is 38.4 Å². The van der Waals surface area contributed by atoms with Gasteiger partial charge < -0.3 is 5.73 Å². The van der Waals surface area contributed by atoms with Crippen LogP contribution in [0.1, 0.15) is 33.6 Å². The molecular formula is C10H21NS. The highest BCUT2D eigenvalue weighted by Gasteiger charge is 2.43. The minimum absolute atomic E-state index is 0.462. The molecule has 0 aliphatic heterocycles. The summed E-state index contributed by atoms with van der Waals surface area (Å²) < 4.78 is 0.462. The van der Waals surface area contributed by atoms with Crippen LogP contribution in [-0.2, 0) is 0 Å². The Morgan fingerprint density at radius 2 is 2.08 bits per heavy atom. The molecule has 1 aliphatic rings. The van der Waals surface area contributed by atoms with Gasteiger partial charge in [0.05, 0.1) is 0 Å². The van der Waals surface area contributed by atoms with Crippen molar-refractivity contribution < 1.29 is 0 Å². The summed E-state index contributed by atoms with van der Waals surface area (Å²) in [5, 5.41) is 0. The van der Waals surface area contributed by atoms with Gasteiger partial charge in [0.15, 0.2) is 0 Å². The van der Waals surface area contributed by atoms with Crippen molar-refractivity contribution in [3.63, 3.8) is 0 Å². The molecule has 0 spiro atoms. The van der Waals surface area contributed by atoms with Gasteiger partial charge in [0.1, 0.15) is 0 Å². The van der Waals surface area contributed by atoms with Crippen LogP contribution in [0.3, 0.4) is 0 Å². The second-order valence-corrected chi connectivity index (χ2v) is 5.96. The Morgan fingerprint density at radius 3 is 2.42 bits per heavy atom. The van der Waals surface area contributed by atoms with Crippen molar-refractivity contribution in [1.29, 1.82) is 0 Å². The maximum atomic E-state index is 5.80. The first-order valence-corrected chi connectivity index (χ1v) is 5.96. The summed E-state index contributed by atoms with van der Waals surface area (Å²) in [4.78, 5) is 0. The molecule has 0 heterocycles. The molecule has 12 heavy (non-hydrogen) atoms. The molecule has 1 nitrogen and oxygen atoms in total.